The van der Waals surface area contributed by atoms with Gasteiger partial charge in [0.15, 0.2) is 0 Å². The molecule has 3 amide bonds. The summed E-state index contributed by atoms with van der Waals surface area (Å²) >= 11 is 1.16. The first kappa shape index (κ1) is 20.5. The second kappa shape index (κ2) is 8.03. The van der Waals surface area contributed by atoms with Crippen LogP contribution in [0.2, 0.25) is 0 Å². The highest BCUT2D eigenvalue weighted by molar-refractivity contribution is 8.00. The molecule has 2 aliphatic heterocycles. The predicted molar refractivity (Wildman–Crippen MR) is 99.0 cm³/mol. The normalized spacial score (nSPS) is 25.8. The molecule has 12 nitrogen and oxygen atoms in total. The van der Waals surface area contributed by atoms with Crippen molar-refractivity contribution in [2.45, 2.75) is 11.4 Å². The first-order chi connectivity index (χ1) is 13.8. The summed E-state index contributed by atoms with van der Waals surface area (Å²) in [6, 6.07) is 2.17. The Hall–Kier alpha value is -3.22. The number of rotatable bonds is 7. The number of ether oxygens (including phenoxy) is 1. The fourth-order valence-electron chi connectivity index (χ4n) is 3.15. The molecule has 2 aliphatic rings. The van der Waals surface area contributed by atoms with Crippen LogP contribution in [-0.4, -0.2) is 77.5 Å². The van der Waals surface area contributed by atoms with Crippen LogP contribution in [0.25, 0.3) is 0 Å². The molecule has 3 N–H and O–H groups in total. The number of carbonyl (C=O) groups excluding carboxylic acids is 3. The molecule has 2 saturated heterocycles. The number of carbonyl (C=O) groups is 4. The number of primary amides is 1. The van der Waals surface area contributed by atoms with Crippen LogP contribution >= 0.6 is 11.8 Å². The molecule has 0 aliphatic carbocycles. The summed E-state index contributed by atoms with van der Waals surface area (Å²) in [5.41, 5.74) is 3.45. The maximum absolute atomic E-state index is 12.8. The van der Waals surface area contributed by atoms with E-state index in [1.165, 1.54) is 24.3 Å². The van der Waals surface area contributed by atoms with Crippen molar-refractivity contribution >= 4 is 47.7 Å². The summed E-state index contributed by atoms with van der Waals surface area (Å²) in [6.45, 7) is -0.651. The van der Waals surface area contributed by atoms with Gasteiger partial charge in [0.25, 0.3) is 5.91 Å². The Morgan fingerprint density at radius 1 is 1.55 bits per heavy atom. The molecule has 13 heteroatoms. The summed E-state index contributed by atoms with van der Waals surface area (Å²) < 4.78 is 9.98. The van der Waals surface area contributed by atoms with Crippen molar-refractivity contribution in [2.24, 2.45) is 16.3 Å². The monoisotopic (exact) mass is 426 g/mol. The van der Waals surface area contributed by atoms with Gasteiger partial charge in [0, 0.05) is 18.4 Å². The Balaban J connectivity index is 1.82. The third kappa shape index (κ3) is 3.72. The van der Waals surface area contributed by atoms with Gasteiger partial charge in [-0.2, -0.15) is 0 Å². The molecule has 0 aromatic carbocycles. The van der Waals surface area contributed by atoms with Gasteiger partial charge in [-0.3, -0.25) is 19.3 Å². The minimum absolute atomic E-state index is 0.0485. The first-order valence-electron chi connectivity index (χ1n) is 8.31. The molecule has 2 fully saturated rings. The number of carboxylic acid groups (broad SMARTS) is 1. The molecule has 0 spiro atoms. The number of furan rings is 1. The minimum atomic E-state index is -1.49. The Morgan fingerprint density at radius 2 is 2.31 bits per heavy atom. The minimum Gasteiger partial charge on any atom is -0.481 e. The van der Waals surface area contributed by atoms with Crippen molar-refractivity contribution in [3.63, 3.8) is 0 Å². The largest absolute Gasteiger partial charge is 0.481 e. The van der Waals surface area contributed by atoms with E-state index < -0.39 is 47.3 Å². The third-order valence-corrected chi connectivity index (χ3v) is 6.16. The highest BCUT2D eigenvalue weighted by Gasteiger charge is 2.60. The van der Waals surface area contributed by atoms with E-state index in [1.807, 2.05) is 0 Å². The van der Waals surface area contributed by atoms with Crippen LogP contribution in [0.4, 0.5) is 10.7 Å². The second-order valence-electron chi connectivity index (χ2n) is 6.38. The number of anilines is 1. The lowest BCUT2D eigenvalue weighted by atomic mass is 9.88. The van der Waals surface area contributed by atoms with E-state index in [4.69, 9.17) is 14.9 Å². The Labute approximate surface area is 168 Å². The van der Waals surface area contributed by atoms with Gasteiger partial charge in [0.05, 0.1) is 6.26 Å². The van der Waals surface area contributed by atoms with E-state index in [2.05, 4.69) is 9.99 Å². The van der Waals surface area contributed by atoms with Gasteiger partial charge in [-0.05, 0) is 6.07 Å². The van der Waals surface area contributed by atoms with Gasteiger partial charge in [-0.15, -0.1) is 11.8 Å². The predicted octanol–water partition coefficient (Wildman–Crippen LogP) is -0.305. The summed E-state index contributed by atoms with van der Waals surface area (Å²) in [4.78, 5) is 55.1. The van der Waals surface area contributed by atoms with Gasteiger partial charge in [-0.1, -0.05) is 5.16 Å². The highest BCUT2D eigenvalue weighted by Crippen LogP contribution is 2.45. The average Bonchev–Trinajstić information content (AvgIpc) is 3.22. The number of carboxylic acids is 1. The van der Waals surface area contributed by atoms with Crippen molar-refractivity contribution < 1.29 is 38.3 Å². The van der Waals surface area contributed by atoms with Gasteiger partial charge < -0.3 is 29.7 Å². The van der Waals surface area contributed by atoms with E-state index in [0.29, 0.717) is 0 Å². The maximum atomic E-state index is 12.8. The van der Waals surface area contributed by atoms with Gasteiger partial charge in [0.1, 0.15) is 36.8 Å². The quantitative estimate of drug-likeness (QED) is 0.338. The molecule has 156 valence electrons. The first-order valence-corrected chi connectivity index (χ1v) is 9.36. The van der Waals surface area contributed by atoms with E-state index in [1.54, 1.807) is 6.07 Å². The van der Waals surface area contributed by atoms with Gasteiger partial charge >= 0.3 is 12.1 Å². The van der Waals surface area contributed by atoms with Crippen molar-refractivity contribution in [1.82, 2.24) is 4.90 Å². The van der Waals surface area contributed by atoms with Crippen LogP contribution in [0, 0.1) is 5.41 Å². The van der Waals surface area contributed by atoms with Gasteiger partial charge in [-0.25, -0.2) is 4.79 Å². The SMILES string of the molecule is CON=CC(=O)N(c1ccco1)[C@@H]1C(=O)N2CC(COC(N)=O)(C(=O)O)CS[C@H]12. The number of nitrogens with two attached hydrogens (primary N) is 1. The zero-order valence-electron chi connectivity index (χ0n) is 15.2. The Kier molecular flexibility index (Phi) is 5.68. The van der Waals surface area contributed by atoms with Crippen molar-refractivity contribution in [1.29, 1.82) is 0 Å². The fourth-order valence-corrected chi connectivity index (χ4v) is 4.71. The Morgan fingerprint density at radius 3 is 2.90 bits per heavy atom. The van der Waals surface area contributed by atoms with Crippen LogP contribution in [0.5, 0.6) is 0 Å². The molecule has 1 aromatic heterocycles. The molecule has 0 radical (unpaired) electrons. The average molecular weight is 426 g/mol. The van der Waals surface area contributed by atoms with Crippen LogP contribution in [0.3, 0.4) is 0 Å². The van der Waals surface area contributed by atoms with E-state index in [9.17, 15) is 24.3 Å². The van der Waals surface area contributed by atoms with Crippen LogP contribution in [-0.2, 0) is 24.0 Å². The molecule has 1 aromatic rings. The summed E-state index contributed by atoms with van der Waals surface area (Å²) in [7, 11) is 1.27. The fraction of sp³-hybridized carbons (Fsp3) is 0.438. The number of fused-ring (bicyclic) bond motifs is 1. The number of aliphatic carboxylic acids is 1. The number of amides is 3. The number of nitrogens with zero attached hydrogens (tertiary/aromatic N) is 3. The van der Waals surface area contributed by atoms with Crippen molar-refractivity contribution in [2.75, 3.05) is 30.9 Å². The lowest BCUT2D eigenvalue weighted by Crippen LogP contribution is -2.75. The number of oxime groups is 1. The second-order valence-corrected chi connectivity index (χ2v) is 7.49. The number of β-lactam (4-membered cyclic amide) rings is 1. The molecule has 1 unspecified atom stereocenters. The number of hydrogen-bond acceptors (Lipinski definition) is 9. The van der Waals surface area contributed by atoms with Crippen LogP contribution in [0.1, 0.15) is 0 Å². The highest BCUT2D eigenvalue weighted by atomic mass is 32.2. The lowest BCUT2D eigenvalue weighted by Gasteiger charge is -2.55. The topological polar surface area (TPSA) is 165 Å². The molecule has 3 heterocycles. The molecule has 0 saturated carbocycles. The standard InChI is InChI=1S/C16H18N4O8S/c1-26-18-5-9(21)20(10-3-2-4-27-10)11-12(22)19-6-16(14(23)24,7-28-15(17)25)8-29-13(11)19/h2-5,11,13H,6-8H2,1H3,(H2,17,25)(H,23,24)/t11-,13-,16?/m1/s1. The number of thioether (sulfide) groups is 1. The molecular formula is C16H18N4O8S. The smallest absolute Gasteiger partial charge is 0.404 e. The number of hydrogen-bond donors (Lipinski definition) is 2. The Bertz CT molecular complexity index is 844. The molecule has 29 heavy (non-hydrogen) atoms. The third-order valence-electron chi connectivity index (χ3n) is 4.59. The van der Waals surface area contributed by atoms with Crippen molar-refractivity contribution in [3.05, 3.63) is 18.4 Å². The van der Waals surface area contributed by atoms with Crippen LogP contribution < -0.4 is 10.6 Å². The zero-order valence-corrected chi connectivity index (χ0v) is 16.0. The summed E-state index contributed by atoms with van der Waals surface area (Å²) in [6.07, 6.45) is 1.17. The van der Waals surface area contributed by atoms with Crippen molar-refractivity contribution in [3.8, 4) is 0 Å². The van der Waals surface area contributed by atoms with E-state index in [-0.39, 0.29) is 18.2 Å². The maximum Gasteiger partial charge on any atom is 0.404 e. The summed E-state index contributed by atoms with van der Waals surface area (Å²) in [5.74, 6) is -2.13. The molecule has 3 rings (SSSR count). The molecule has 3 atom stereocenters. The van der Waals surface area contributed by atoms with Gasteiger partial charge in [0.2, 0.25) is 11.8 Å². The molecule has 0 bridgehead atoms. The zero-order chi connectivity index (χ0) is 21.2. The lowest BCUT2D eigenvalue weighted by molar-refractivity contribution is -0.159. The van der Waals surface area contributed by atoms with E-state index >= 15 is 0 Å². The summed E-state index contributed by atoms with van der Waals surface area (Å²) in [5, 5.41) is 12.6. The van der Waals surface area contributed by atoms with Crippen LogP contribution in [0.15, 0.2) is 28.0 Å². The molecular weight excluding hydrogens is 408 g/mol. The van der Waals surface area contributed by atoms with E-state index in [0.717, 1.165) is 22.9 Å².